The number of carbonyl (C=O) groups excluding carboxylic acids is 2. The number of esters is 1. The molecule has 2 aromatic carbocycles. The average Bonchev–Trinajstić information content (AvgIpc) is 2.69. The van der Waals surface area contributed by atoms with Crippen LogP contribution < -0.4 is 0 Å². The summed E-state index contributed by atoms with van der Waals surface area (Å²) in [7, 11) is 1.35. The van der Waals surface area contributed by atoms with Crippen LogP contribution in [0, 0.1) is 5.41 Å². The van der Waals surface area contributed by atoms with Crippen LogP contribution in [0.1, 0.15) is 55.1 Å². The van der Waals surface area contributed by atoms with E-state index in [1.807, 2.05) is 29.2 Å². The predicted octanol–water partition coefficient (Wildman–Crippen LogP) is 4.58. The Morgan fingerprint density at radius 1 is 1.03 bits per heavy atom. The third kappa shape index (κ3) is 7.26. The molecule has 0 aliphatic heterocycles. The Bertz CT molecular complexity index is 822. The molecule has 2 rings (SSSR count). The van der Waals surface area contributed by atoms with Crippen LogP contribution in [0.3, 0.4) is 0 Å². The van der Waals surface area contributed by atoms with E-state index < -0.39 is 0 Å². The molecule has 1 amide bonds. The highest BCUT2D eigenvalue weighted by atomic mass is 16.5. The second kappa shape index (κ2) is 10.1. The number of hydrogen-bond acceptors (Lipinski definition) is 4. The maximum atomic E-state index is 12.9. The Hall–Kier alpha value is -2.82. The zero-order chi connectivity index (χ0) is 21.4. The van der Waals surface area contributed by atoms with E-state index in [9.17, 15) is 14.7 Å². The number of benzene rings is 2. The molecule has 0 radical (unpaired) electrons. The summed E-state index contributed by atoms with van der Waals surface area (Å²) in [6, 6.07) is 14.3. The van der Waals surface area contributed by atoms with Crippen LogP contribution in [0.2, 0.25) is 0 Å². The second-order valence-corrected chi connectivity index (χ2v) is 8.44. The highest BCUT2D eigenvalue weighted by Gasteiger charge is 2.19. The number of nitrogens with zero attached hydrogens (tertiary/aromatic N) is 1. The molecule has 0 aliphatic rings. The van der Waals surface area contributed by atoms with Gasteiger partial charge in [0.1, 0.15) is 5.75 Å². The third-order valence-electron chi connectivity index (χ3n) is 4.83. The molecule has 5 heteroatoms. The smallest absolute Gasteiger partial charge is 0.337 e. The Kier molecular flexibility index (Phi) is 7.82. The van der Waals surface area contributed by atoms with Gasteiger partial charge in [-0.2, -0.15) is 0 Å². The molecule has 0 spiro atoms. The van der Waals surface area contributed by atoms with E-state index >= 15 is 0 Å². The summed E-state index contributed by atoms with van der Waals surface area (Å²) in [6.07, 6.45) is 1.86. The van der Waals surface area contributed by atoms with Crippen LogP contribution >= 0.6 is 0 Å². The molecule has 0 fully saturated rings. The fraction of sp³-hybridized carbons (Fsp3) is 0.417. The first-order chi connectivity index (χ1) is 13.7. The van der Waals surface area contributed by atoms with Crippen molar-refractivity contribution in [1.82, 2.24) is 4.90 Å². The van der Waals surface area contributed by atoms with E-state index in [1.54, 1.807) is 24.3 Å². The number of hydrogen-bond donors (Lipinski definition) is 1. The minimum atomic E-state index is -0.380. The zero-order valence-electron chi connectivity index (χ0n) is 17.8. The van der Waals surface area contributed by atoms with Gasteiger partial charge in [-0.3, -0.25) is 4.79 Å². The average molecular weight is 398 g/mol. The lowest BCUT2D eigenvalue weighted by atomic mass is 9.90. The summed E-state index contributed by atoms with van der Waals surface area (Å²) in [5.74, 6) is -0.0429. The van der Waals surface area contributed by atoms with Gasteiger partial charge in [0.2, 0.25) is 5.91 Å². The molecule has 156 valence electrons. The Labute approximate surface area is 173 Å². The first kappa shape index (κ1) is 22.5. The van der Waals surface area contributed by atoms with Crippen molar-refractivity contribution in [1.29, 1.82) is 0 Å². The minimum absolute atomic E-state index is 0.0845. The monoisotopic (exact) mass is 397 g/mol. The lowest BCUT2D eigenvalue weighted by Gasteiger charge is -2.25. The summed E-state index contributed by atoms with van der Waals surface area (Å²) in [4.78, 5) is 26.4. The van der Waals surface area contributed by atoms with Gasteiger partial charge in [-0.05, 0) is 47.6 Å². The molecule has 0 heterocycles. The molecule has 29 heavy (non-hydrogen) atoms. The van der Waals surface area contributed by atoms with Crippen LogP contribution in [-0.4, -0.2) is 35.5 Å². The summed E-state index contributed by atoms with van der Waals surface area (Å²) in [5, 5.41) is 10.0. The Morgan fingerprint density at radius 3 is 2.28 bits per heavy atom. The number of rotatable bonds is 8. The van der Waals surface area contributed by atoms with E-state index in [1.165, 1.54) is 7.11 Å². The minimum Gasteiger partial charge on any atom is -0.508 e. The maximum absolute atomic E-state index is 12.9. The van der Waals surface area contributed by atoms with Crippen LogP contribution in [0.4, 0.5) is 0 Å². The predicted molar refractivity (Wildman–Crippen MR) is 114 cm³/mol. The van der Waals surface area contributed by atoms with Crippen LogP contribution in [-0.2, 0) is 22.5 Å². The molecular formula is C24H31NO4. The van der Waals surface area contributed by atoms with E-state index in [0.29, 0.717) is 31.5 Å². The van der Waals surface area contributed by atoms with Crippen LogP contribution in [0.25, 0.3) is 0 Å². The summed E-state index contributed by atoms with van der Waals surface area (Å²) < 4.78 is 4.73. The van der Waals surface area contributed by atoms with E-state index in [0.717, 1.165) is 17.5 Å². The fourth-order valence-corrected chi connectivity index (χ4v) is 2.99. The standard InChI is InChI=1S/C24H31NO4/c1-24(2,3)15-13-22(27)25(16-14-19-7-5-6-8-21(19)26)17-18-9-11-20(12-10-18)23(28)29-4/h5-12,26H,13-17H2,1-4H3. The molecule has 0 unspecified atom stereocenters. The lowest BCUT2D eigenvalue weighted by molar-refractivity contribution is -0.132. The van der Waals surface area contributed by atoms with Crippen molar-refractivity contribution in [3.63, 3.8) is 0 Å². The van der Waals surface area contributed by atoms with Crippen molar-refractivity contribution in [3.05, 3.63) is 65.2 Å². The molecule has 0 bridgehead atoms. The normalized spacial score (nSPS) is 11.2. The number of ether oxygens (including phenoxy) is 1. The topological polar surface area (TPSA) is 66.8 Å². The summed E-state index contributed by atoms with van der Waals surface area (Å²) >= 11 is 0. The van der Waals surface area contributed by atoms with Crippen LogP contribution in [0.15, 0.2) is 48.5 Å². The molecule has 1 N–H and O–H groups in total. The van der Waals surface area contributed by atoms with Crippen molar-refractivity contribution in [2.24, 2.45) is 5.41 Å². The quantitative estimate of drug-likeness (QED) is 0.662. The molecule has 0 aliphatic carbocycles. The van der Waals surface area contributed by atoms with Crippen molar-refractivity contribution < 1.29 is 19.4 Å². The SMILES string of the molecule is COC(=O)c1ccc(CN(CCc2ccccc2O)C(=O)CCC(C)(C)C)cc1. The van der Waals surface area contributed by atoms with E-state index in [4.69, 9.17) is 4.74 Å². The van der Waals surface area contributed by atoms with Crippen molar-refractivity contribution in [3.8, 4) is 5.75 Å². The lowest BCUT2D eigenvalue weighted by Crippen LogP contribution is -2.33. The van der Waals surface area contributed by atoms with Crippen molar-refractivity contribution in [2.45, 2.75) is 46.6 Å². The number of carbonyl (C=O) groups is 2. The molecular weight excluding hydrogens is 366 g/mol. The van der Waals surface area contributed by atoms with E-state index in [2.05, 4.69) is 20.8 Å². The summed E-state index contributed by atoms with van der Waals surface area (Å²) in [5.41, 5.74) is 2.33. The highest BCUT2D eigenvalue weighted by Crippen LogP contribution is 2.22. The van der Waals surface area contributed by atoms with Gasteiger partial charge in [-0.15, -0.1) is 0 Å². The molecule has 0 saturated carbocycles. The number of methoxy groups -OCH3 is 1. The fourth-order valence-electron chi connectivity index (χ4n) is 2.99. The number of para-hydroxylation sites is 1. The van der Waals surface area contributed by atoms with Gasteiger partial charge < -0.3 is 14.7 Å². The van der Waals surface area contributed by atoms with E-state index in [-0.39, 0.29) is 23.0 Å². The maximum Gasteiger partial charge on any atom is 0.337 e. The van der Waals surface area contributed by atoms with Gasteiger partial charge in [0.05, 0.1) is 12.7 Å². The zero-order valence-corrected chi connectivity index (χ0v) is 17.8. The van der Waals surface area contributed by atoms with Gasteiger partial charge in [0.25, 0.3) is 0 Å². The van der Waals surface area contributed by atoms with Crippen LogP contribution in [0.5, 0.6) is 5.75 Å². The number of phenolic OH excluding ortho intramolecular Hbond substituents is 1. The van der Waals surface area contributed by atoms with Crippen molar-refractivity contribution in [2.75, 3.05) is 13.7 Å². The number of aromatic hydroxyl groups is 1. The summed E-state index contributed by atoms with van der Waals surface area (Å²) in [6.45, 7) is 7.34. The highest BCUT2D eigenvalue weighted by molar-refractivity contribution is 5.89. The van der Waals surface area contributed by atoms with Gasteiger partial charge in [-0.1, -0.05) is 51.1 Å². The van der Waals surface area contributed by atoms with Gasteiger partial charge in [-0.25, -0.2) is 4.79 Å². The molecule has 5 nitrogen and oxygen atoms in total. The molecule has 0 aromatic heterocycles. The van der Waals surface area contributed by atoms with Gasteiger partial charge >= 0.3 is 5.97 Å². The first-order valence-corrected chi connectivity index (χ1v) is 9.91. The molecule has 2 aromatic rings. The number of amides is 1. The van der Waals surface area contributed by atoms with Gasteiger partial charge in [0, 0.05) is 19.5 Å². The third-order valence-corrected chi connectivity index (χ3v) is 4.83. The van der Waals surface area contributed by atoms with Gasteiger partial charge in [0.15, 0.2) is 0 Å². The molecule has 0 saturated heterocycles. The largest absolute Gasteiger partial charge is 0.508 e. The number of phenols is 1. The second-order valence-electron chi connectivity index (χ2n) is 8.44. The molecule has 0 atom stereocenters. The Balaban J connectivity index is 2.11. The Morgan fingerprint density at radius 2 is 1.69 bits per heavy atom. The van der Waals surface area contributed by atoms with Crippen molar-refractivity contribution >= 4 is 11.9 Å². The first-order valence-electron chi connectivity index (χ1n) is 9.91.